The SMILES string of the molecule is CC(C)CNc1cc(-c2cn[nH]c2C2CCCC2)ccn1. The molecular formula is C17H24N4. The monoisotopic (exact) mass is 284 g/mol. The van der Waals surface area contributed by atoms with Crippen molar-refractivity contribution < 1.29 is 0 Å². The van der Waals surface area contributed by atoms with Crippen LogP contribution in [0.25, 0.3) is 11.1 Å². The topological polar surface area (TPSA) is 53.6 Å². The van der Waals surface area contributed by atoms with E-state index < -0.39 is 0 Å². The normalized spacial score (nSPS) is 15.8. The molecule has 1 saturated carbocycles. The summed E-state index contributed by atoms with van der Waals surface area (Å²) in [6.45, 7) is 5.34. The third-order valence-electron chi connectivity index (χ3n) is 4.19. The van der Waals surface area contributed by atoms with E-state index >= 15 is 0 Å². The van der Waals surface area contributed by atoms with Gasteiger partial charge in [0.25, 0.3) is 0 Å². The molecule has 4 nitrogen and oxygen atoms in total. The Hall–Kier alpha value is -1.84. The van der Waals surface area contributed by atoms with Gasteiger partial charge in [0.15, 0.2) is 0 Å². The fourth-order valence-corrected chi connectivity index (χ4v) is 3.06. The summed E-state index contributed by atoms with van der Waals surface area (Å²) in [6.07, 6.45) is 9.05. The summed E-state index contributed by atoms with van der Waals surface area (Å²) in [5, 5.41) is 10.9. The van der Waals surface area contributed by atoms with Crippen LogP contribution in [0.1, 0.15) is 51.1 Å². The van der Waals surface area contributed by atoms with E-state index in [4.69, 9.17) is 0 Å². The summed E-state index contributed by atoms with van der Waals surface area (Å²) < 4.78 is 0. The van der Waals surface area contributed by atoms with Crippen molar-refractivity contribution in [2.75, 3.05) is 11.9 Å². The molecule has 1 aliphatic carbocycles. The highest BCUT2D eigenvalue weighted by Gasteiger charge is 2.22. The van der Waals surface area contributed by atoms with E-state index in [0.29, 0.717) is 11.8 Å². The van der Waals surface area contributed by atoms with Crippen LogP contribution in [0.3, 0.4) is 0 Å². The second-order valence-electron chi connectivity index (χ2n) is 6.38. The number of anilines is 1. The average molecular weight is 284 g/mol. The van der Waals surface area contributed by atoms with Gasteiger partial charge in [-0.1, -0.05) is 26.7 Å². The molecule has 0 amide bonds. The predicted molar refractivity (Wildman–Crippen MR) is 86.4 cm³/mol. The van der Waals surface area contributed by atoms with E-state index in [1.807, 2.05) is 12.4 Å². The van der Waals surface area contributed by atoms with Crippen molar-refractivity contribution >= 4 is 5.82 Å². The van der Waals surface area contributed by atoms with E-state index in [1.54, 1.807) is 0 Å². The lowest BCUT2D eigenvalue weighted by molar-refractivity contribution is 0.687. The Kier molecular flexibility index (Phi) is 4.23. The van der Waals surface area contributed by atoms with Gasteiger partial charge in [0.05, 0.1) is 6.20 Å². The van der Waals surface area contributed by atoms with Gasteiger partial charge >= 0.3 is 0 Å². The standard InChI is InChI=1S/C17H24N4/c1-12(2)10-19-16-9-14(7-8-18-16)15-11-20-21-17(15)13-5-3-4-6-13/h7-9,11-13H,3-6,10H2,1-2H3,(H,18,19)(H,20,21). The van der Waals surface area contributed by atoms with Crippen molar-refractivity contribution in [1.29, 1.82) is 0 Å². The van der Waals surface area contributed by atoms with Gasteiger partial charge in [-0.15, -0.1) is 0 Å². The number of H-pyrrole nitrogens is 1. The van der Waals surface area contributed by atoms with Gasteiger partial charge in [-0.2, -0.15) is 5.10 Å². The van der Waals surface area contributed by atoms with Crippen molar-refractivity contribution in [3.05, 3.63) is 30.2 Å². The van der Waals surface area contributed by atoms with Gasteiger partial charge in [-0.25, -0.2) is 4.98 Å². The second kappa shape index (κ2) is 6.29. The third-order valence-corrected chi connectivity index (χ3v) is 4.19. The number of nitrogens with one attached hydrogen (secondary N) is 2. The van der Waals surface area contributed by atoms with Crippen LogP contribution in [-0.2, 0) is 0 Å². The smallest absolute Gasteiger partial charge is 0.126 e. The number of nitrogens with zero attached hydrogens (tertiary/aromatic N) is 2. The average Bonchev–Trinajstić information content (AvgIpc) is 3.15. The highest BCUT2D eigenvalue weighted by molar-refractivity contribution is 5.68. The van der Waals surface area contributed by atoms with E-state index in [9.17, 15) is 0 Å². The fourth-order valence-electron chi connectivity index (χ4n) is 3.06. The predicted octanol–water partition coefficient (Wildman–Crippen LogP) is 4.20. The summed E-state index contributed by atoms with van der Waals surface area (Å²) in [5.74, 6) is 2.20. The van der Waals surface area contributed by atoms with Gasteiger partial charge in [-0.05, 0) is 36.5 Å². The van der Waals surface area contributed by atoms with Gasteiger partial charge in [-0.3, -0.25) is 5.10 Å². The summed E-state index contributed by atoms with van der Waals surface area (Å²) in [4.78, 5) is 4.41. The van der Waals surface area contributed by atoms with Crippen LogP contribution >= 0.6 is 0 Å². The van der Waals surface area contributed by atoms with Gasteiger partial charge in [0.2, 0.25) is 0 Å². The Morgan fingerprint density at radius 3 is 2.90 bits per heavy atom. The molecule has 0 spiro atoms. The molecule has 1 fully saturated rings. The van der Waals surface area contributed by atoms with E-state index in [-0.39, 0.29) is 0 Å². The molecule has 2 aromatic rings. The third kappa shape index (κ3) is 3.26. The van der Waals surface area contributed by atoms with Gasteiger partial charge in [0, 0.05) is 29.9 Å². The molecule has 0 aliphatic heterocycles. The van der Waals surface area contributed by atoms with Crippen molar-refractivity contribution in [1.82, 2.24) is 15.2 Å². The fraction of sp³-hybridized carbons (Fsp3) is 0.529. The maximum Gasteiger partial charge on any atom is 0.126 e. The molecule has 2 heterocycles. The lowest BCUT2D eigenvalue weighted by Gasteiger charge is -2.12. The van der Waals surface area contributed by atoms with E-state index in [2.05, 4.69) is 46.5 Å². The quantitative estimate of drug-likeness (QED) is 0.865. The number of hydrogen-bond acceptors (Lipinski definition) is 3. The lowest BCUT2D eigenvalue weighted by Crippen LogP contribution is -2.09. The first-order chi connectivity index (χ1) is 10.2. The molecule has 0 unspecified atom stereocenters. The Bertz CT molecular complexity index is 582. The highest BCUT2D eigenvalue weighted by Crippen LogP contribution is 2.38. The molecule has 4 heteroatoms. The number of aromatic amines is 1. The Balaban J connectivity index is 1.83. The zero-order valence-electron chi connectivity index (χ0n) is 12.9. The van der Waals surface area contributed by atoms with Crippen molar-refractivity contribution in [3.8, 4) is 11.1 Å². The van der Waals surface area contributed by atoms with Crippen LogP contribution < -0.4 is 5.32 Å². The minimum Gasteiger partial charge on any atom is -0.370 e. The van der Waals surface area contributed by atoms with Crippen molar-refractivity contribution in [3.63, 3.8) is 0 Å². The Labute approximate surface area is 126 Å². The number of aromatic nitrogens is 3. The van der Waals surface area contributed by atoms with Crippen LogP contribution in [0.2, 0.25) is 0 Å². The molecule has 112 valence electrons. The van der Waals surface area contributed by atoms with Crippen LogP contribution in [0.4, 0.5) is 5.82 Å². The first-order valence-electron chi connectivity index (χ1n) is 7.97. The molecule has 1 aliphatic rings. The minimum absolute atomic E-state index is 0.610. The molecular weight excluding hydrogens is 260 g/mol. The lowest BCUT2D eigenvalue weighted by atomic mass is 9.97. The first kappa shape index (κ1) is 14.1. The molecule has 2 N–H and O–H groups in total. The highest BCUT2D eigenvalue weighted by atomic mass is 15.1. The zero-order valence-corrected chi connectivity index (χ0v) is 12.9. The van der Waals surface area contributed by atoms with Crippen LogP contribution in [0, 0.1) is 5.92 Å². The number of rotatable bonds is 5. The Morgan fingerprint density at radius 2 is 2.14 bits per heavy atom. The number of hydrogen-bond donors (Lipinski definition) is 2. The van der Waals surface area contributed by atoms with E-state index in [0.717, 1.165) is 12.4 Å². The van der Waals surface area contributed by atoms with E-state index in [1.165, 1.54) is 42.5 Å². The van der Waals surface area contributed by atoms with Crippen molar-refractivity contribution in [2.24, 2.45) is 5.92 Å². The Morgan fingerprint density at radius 1 is 1.33 bits per heavy atom. The molecule has 3 rings (SSSR count). The number of pyridine rings is 1. The van der Waals surface area contributed by atoms with Gasteiger partial charge in [0.1, 0.15) is 5.82 Å². The van der Waals surface area contributed by atoms with Crippen LogP contribution in [-0.4, -0.2) is 21.7 Å². The maximum atomic E-state index is 4.41. The molecule has 0 radical (unpaired) electrons. The largest absolute Gasteiger partial charge is 0.370 e. The maximum absolute atomic E-state index is 4.41. The second-order valence-corrected chi connectivity index (χ2v) is 6.38. The molecule has 0 aromatic carbocycles. The molecule has 2 aromatic heterocycles. The van der Waals surface area contributed by atoms with Crippen LogP contribution in [0.15, 0.2) is 24.5 Å². The molecule has 0 saturated heterocycles. The summed E-state index contributed by atoms with van der Waals surface area (Å²) in [7, 11) is 0. The first-order valence-corrected chi connectivity index (χ1v) is 7.97. The summed E-state index contributed by atoms with van der Waals surface area (Å²) in [6, 6.07) is 4.20. The van der Waals surface area contributed by atoms with Crippen molar-refractivity contribution in [2.45, 2.75) is 45.4 Å². The molecule has 21 heavy (non-hydrogen) atoms. The zero-order chi connectivity index (χ0) is 14.7. The summed E-state index contributed by atoms with van der Waals surface area (Å²) >= 11 is 0. The molecule has 0 atom stereocenters. The summed E-state index contributed by atoms with van der Waals surface area (Å²) in [5.41, 5.74) is 3.73. The van der Waals surface area contributed by atoms with Gasteiger partial charge < -0.3 is 5.32 Å². The minimum atomic E-state index is 0.610. The molecule has 0 bridgehead atoms. The van der Waals surface area contributed by atoms with Crippen LogP contribution in [0.5, 0.6) is 0 Å².